The maximum Gasteiger partial charge on any atom is 0.189 e. The first kappa shape index (κ1) is 18.9. The van der Waals surface area contributed by atoms with Gasteiger partial charge in [-0.1, -0.05) is 25.7 Å². The molecular formula is C23H30FNO. The molecule has 0 unspecified atom stereocenters. The Kier molecular flexibility index (Phi) is 5.12. The molecule has 2 saturated carbocycles. The van der Waals surface area contributed by atoms with Crippen LogP contribution in [0.5, 0.6) is 0 Å². The molecule has 0 spiro atoms. The van der Waals surface area contributed by atoms with Crippen molar-refractivity contribution in [1.82, 2.24) is 4.90 Å². The van der Waals surface area contributed by atoms with Gasteiger partial charge in [-0.25, -0.2) is 4.39 Å². The van der Waals surface area contributed by atoms with E-state index in [4.69, 9.17) is 0 Å². The fraction of sp³-hybridized carbons (Fsp3) is 0.565. The first-order chi connectivity index (χ1) is 12.2. The molecule has 0 atom stereocenters. The lowest BCUT2D eigenvalue weighted by Gasteiger charge is -2.43. The maximum absolute atomic E-state index is 14.1. The second-order valence-corrected chi connectivity index (χ2v) is 8.70. The van der Waals surface area contributed by atoms with Crippen LogP contribution in [0, 0.1) is 11.3 Å². The summed E-state index contributed by atoms with van der Waals surface area (Å²) < 4.78 is 14.1. The molecule has 0 aromatic carbocycles. The summed E-state index contributed by atoms with van der Waals surface area (Å²) in [6.45, 7) is 8.35. The molecule has 0 aromatic rings. The Labute approximate surface area is 156 Å². The highest BCUT2D eigenvalue weighted by Crippen LogP contribution is 2.46. The average Bonchev–Trinajstić information content (AvgIpc) is 3.42. The van der Waals surface area contributed by atoms with Gasteiger partial charge in [0.05, 0.1) is 12.1 Å². The quantitative estimate of drug-likeness (QED) is 0.603. The number of hydrogen-bond donors (Lipinski definition) is 0. The van der Waals surface area contributed by atoms with Crippen molar-refractivity contribution in [3.63, 3.8) is 0 Å². The molecule has 0 heterocycles. The van der Waals surface area contributed by atoms with Gasteiger partial charge in [-0.3, -0.25) is 4.79 Å². The number of hydrogen-bond acceptors (Lipinski definition) is 2. The lowest BCUT2D eigenvalue weighted by Crippen LogP contribution is -2.39. The van der Waals surface area contributed by atoms with Crippen LogP contribution in [0.1, 0.15) is 52.4 Å². The van der Waals surface area contributed by atoms with Crippen LogP contribution in [0.4, 0.5) is 4.39 Å². The Balaban J connectivity index is 1.60. The predicted octanol–water partition coefficient (Wildman–Crippen LogP) is 5.30. The van der Waals surface area contributed by atoms with E-state index in [2.05, 4.69) is 31.4 Å². The number of rotatable bonds is 6. The fourth-order valence-corrected chi connectivity index (χ4v) is 3.84. The van der Waals surface area contributed by atoms with Gasteiger partial charge in [0.1, 0.15) is 5.67 Å². The number of Topliss-reactive ketones (excluding diaryl/α,β-unsaturated/α-hetero) is 1. The van der Waals surface area contributed by atoms with Crippen molar-refractivity contribution in [3.8, 4) is 0 Å². The zero-order valence-corrected chi connectivity index (χ0v) is 16.3. The summed E-state index contributed by atoms with van der Waals surface area (Å²) in [4.78, 5) is 14.6. The summed E-state index contributed by atoms with van der Waals surface area (Å²) in [6, 6.07) is 0. The molecule has 0 bridgehead atoms. The topological polar surface area (TPSA) is 20.3 Å². The Morgan fingerprint density at radius 1 is 1.27 bits per heavy atom. The van der Waals surface area contributed by atoms with Gasteiger partial charge in [-0.2, -0.15) is 0 Å². The van der Waals surface area contributed by atoms with E-state index < -0.39 is 5.67 Å². The summed E-state index contributed by atoms with van der Waals surface area (Å²) in [5.74, 6) is 0.704. The van der Waals surface area contributed by atoms with Crippen molar-refractivity contribution in [2.24, 2.45) is 11.3 Å². The Morgan fingerprint density at radius 3 is 2.54 bits per heavy atom. The van der Waals surface area contributed by atoms with Crippen LogP contribution >= 0.6 is 0 Å². The predicted molar refractivity (Wildman–Crippen MR) is 104 cm³/mol. The van der Waals surface area contributed by atoms with Crippen LogP contribution in [-0.2, 0) is 4.79 Å². The van der Waals surface area contributed by atoms with Crippen LogP contribution in [0.15, 0.2) is 53.5 Å². The van der Waals surface area contributed by atoms with Gasteiger partial charge in [0.25, 0.3) is 0 Å². The van der Waals surface area contributed by atoms with E-state index in [-0.39, 0.29) is 17.7 Å². The Bertz CT molecular complexity index is 719. The molecule has 0 saturated heterocycles. The molecule has 2 nitrogen and oxygen atoms in total. The zero-order chi connectivity index (χ0) is 18.9. The summed E-state index contributed by atoms with van der Waals surface area (Å²) in [5, 5.41) is 0. The monoisotopic (exact) mass is 355 g/mol. The van der Waals surface area contributed by atoms with E-state index >= 15 is 0 Å². The molecule has 0 aliphatic heterocycles. The van der Waals surface area contributed by atoms with Gasteiger partial charge < -0.3 is 4.90 Å². The Morgan fingerprint density at radius 2 is 1.92 bits per heavy atom. The normalized spacial score (nSPS) is 31.1. The van der Waals surface area contributed by atoms with Crippen LogP contribution in [0.25, 0.3) is 0 Å². The molecular weight excluding hydrogens is 325 g/mol. The highest BCUT2D eigenvalue weighted by molar-refractivity contribution is 5.99. The minimum atomic E-state index is -1.07. The van der Waals surface area contributed by atoms with Crippen LogP contribution in [0.2, 0.25) is 0 Å². The van der Waals surface area contributed by atoms with E-state index in [9.17, 15) is 9.18 Å². The van der Waals surface area contributed by atoms with E-state index in [0.717, 1.165) is 18.5 Å². The SMILES string of the molecule is C=C(N(C)CC(=O)C1=C=CC=C(C2CC2)C=C1)C1(C)CCC(C)(F)CC1. The molecule has 3 aliphatic carbocycles. The third-order valence-electron chi connectivity index (χ3n) is 6.24. The van der Waals surface area contributed by atoms with E-state index in [1.165, 1.54) is 18.4 Å². The van der Waals surface area contributed by atoms with Crippen molar-refractivity contribution >= 4 is 5.78 Å². The zero-order valence-electron chi connectivity index (χ0n) is 16.3. The Hall–Kier alpha value is -1.86. The number of ketones is 1. The molecule has 0 radical (unpaired) electrons. The number of likely N-dealkylation sites (N-methyl/N-ethyl adjacent to an activating group) is 1. The van der Waals surface area contributed by atoms with Crippen molar-refractivity contribution < 1.29 is 9.18 Å². The van der Waals surface area contributed by atoms with Crippen molar-refractivity contribution in [1.29, 1.82) is 0 Å². The highest BCUT2D eigenvalue weighted by Gasteiger charge is 2.40. The fourth-order valence-electron chi connectivity index (χ4n) is 3.84. The van der Waals surface area contributed by atoms with Gasteiger partial charge in [-0.05, 0) is 69.1 Å². The minimum absolute atomic E-state index is 0.0429. The number of allylic oxidation sites excluding steroid dienone is 5. The average molecular weight is 355 g/mol. The van der Waals surface area contributed by atoms with Crippen molar-refractivity contribution in [2.45, 2.75) is 58.0 Å². The smallest absolute Gasteiger partial charge is 0.189 e. The molecule has 140 valence electrons. The third-order valence-corrected chi connectivity index (χ3v) is 6.24. The second-order valence-electron chi connectivity index (χ2n) is 8.70. The van der Waals surface area contributed by atoms with Gasteiger partial charge in [-0.15, -0.1) is 5.73 Å². The second kappa shape index (κ2) is 7.04. The van der Waals surface area contributed by atoms with Crippen LogP contribution in [-0.4, -0.2) is 29.9 Å². The first-order valence-corrected chi connectivity index (χ1v) is 9.68. The summed E-state index contributed by atoms with van der Waals surface area (Å²) in [5.41, 5.74) is 4.75. The van der Waals surface area contributed by atoms with Crippen LogP contribution in [0.3, 0.4) is 0 Å². The molecule has 3 heteroatoms. The summed E-state index contributed by atoms with van der Waals surface area (Å²) in [7, 11) is 1.91. The first-order valence-electron chi connectivity index (χ1n) is 9.68. The highest BCUT2D eigenvalue weighted by atomic mass is 19.1. The third kappa shape index (κ3) is 4.27. The molecule has 0 aromatic heterocycles. The number of nitrogens with zero attached hydrogens (tertiary/aromatic N) is 1. The van der Waals surface area contributed by atoms with Crippen molar-refractivity contribution in [2.75, 3.05) is 13.6 Å². The van der Waals surface area contributed by atoms with Gasteiger partial charge in [0.2, 0.25) is 0 Å². The molecule has 2 fully saturated rings. The largest absolute Gasteiger partial charge is 0.370 e. The standard InChI is InChI=1S/C23H30FNO/c1-17(22(2)12-14-23(3,24)15-13-22)25(4)16-21(26)20-7-5-6-18(10-11-20)19-8-9-19/h5-6,10-11,19H,1,8-9,12-16H2,2-4H3. The van der Waals surface area contributed by atoms with Gasteiger partial charge in [0.15, 0.2) is 5.78 Å². The van der Waals surface area contributed by atoms with Crippen molar-refractivity contribution in [3.05, 3.63) is 53.5 Å². The van der Waals surface area contributed by atoms with Gasteiger partial charge >= 0.3 is 0 Å². The molecule has 26 heavy (non-hydrogen) atoms. The lowest BCUT2D eigenvalue weighted by molar-refractivity contribution is -0.116. The van der Waals surface area contributed by atoms with E-state index in [0.29, 0.717) is 24.3 Å². The maximum atomic E-state index is 14.1. The number of alkyl halides is 1. The lowest BCUT2D eigenvalue weighted by atomic mass is 9.69. The summed E-state index contributed by atoms with van der Waals surface area (Å²) in [6.07, 6.45) is 13.0. The van der Waals surface area contributed by atoms with Gasteiger partial charge in [0, 0.05) is 18.2 Å². The molecule has 0 amide bonds. The molecule has 0 N–H and O–H groups in total. The van der Waals surface area contributed by atoms with E-state index in [1.54, 1.807) is 6.92 Å². The molecule has 3 rings (SSSR count). The minimum Gasteiger partial charge on any atom is -0.370 e. The van der Waals surface area contributed by atoms with Crippen LogP contribution < -0.4 is 0 Å². The number of halogens is 1. The number of carbonyl (C=O) groups excluding carboxylic acids is 1. The summed E-state index contributed by atoms with van der Waals surface area (Å²) >= 11 is 0. The van der Waals surface area contributed by atoms with E-state index in [1.807, 2.05) is 24.1 Å². The number of carbonyl (C=O) groups is 1. The molecule has 3 aliphatic rings.